The lowest BCUT2D eigenvalue weighted by Gasteiger charge is -2.32. The van der Waals surface area contributed by atoms with Crippen molar-refractivity contribution in [1.82, 2.24) is 9.78 Å². The maximum atomic E-state index is 11.7. The van der Waals surface area contributed by atoms with Gasteiger partial charge in [-0.2, -0.15) is 5.10 Å². The second kappa shape index (κ2) is 5.71. The van der Waals surface area contributed by atoms with E-state index in [-0.39, 0.29) is 16.6 Å². The molecule has 18 heavy (non-hydrogen) atoms. The molecule has 6 heteroatoms. The summed E-state index contributed by atoms with van der Waals surface area (Å²) in [6.45, 7) is 0.660. The Balaban J connectivity index is 2.18. The first-order chi connectivity index (χ1) is 8.63. The molecule has 2 rings (SSSR count). The smallest absolute Gasteiger partial charge is 0.287 e. The largest absolute Gasteiger partial charge is 0.379 e. The highest BCUT2D eigenvalue weighted by Crippen LogP contribution is 2.27. The molecule has 0 radical (unpaired) electrons. The first-order valence-electron chi connectivity index (χ1n) is 6.32. The Bertz CT molecular complexity index is 474. The van der Waals surface area contributed by atoms with Gasteiger partial charge in [0.2, 0.25) is 0 Å². The van der Waals surface area contributed by atoms with Gasteiger partial charge in [-0.1, -0.05) is 24.4 Å². The third kappa shape index (κ3) is 2.67. The van der Waals surface area contributed by atoms with Crippen LogP contribution in [0.1, 0.15) is 25.7 Å². The van der Waals surface area contributed by atoms with E-state index < -0.39 is 0 Å². The van der Waals surface area contributed by atoms with Gasteiger partial charge >= 0.3 is 0 Å². The molecule has 2 atom stereocenters. The summed E-state index contributed by atoms with van der Waals surface area (Å²) < 4.78 is 1.23. The van der Waals surface area contributed by atoms with E-state index in [1.807, 2.05) is 0 Å². The average Bonchev–Trinajstić information content (AvgIpc) is 2.40. The van der Waals surface area contributed by atoms with Crippen molar-refractivity contribution in [3.63, 3.8) is 0 Å². The Hall–Kier alpha value is -1.07. The van der Waals surface area contributed by atoms with Crippen LogP contribution in [0.2, 0.25) is 5.02 Å². The fourth-order valence-corrected chi connectivity index (χ4v) is 2.72. The lowest BCUT2D eigenvalue weighted by Crippen LogP contribution is -2.37. The van der Waals surface area contributed by atoms with Crippen molar-refractivity contribution in [2.45, 2.75) is 31.7 Å². The zero-order chi connectivity index (χ0) is 13.1. The summed E-state index contributed by atoms with van der Waals surface area (Å²) in [5.74, 6) is 0.443. The van der Waals surface area contributed by atoms with Crippen LogP contribution in [0.4, 0.5) is 5.69 Å². The van der Waals surface area contributed by atoms with Crippen LogP contribution < -0.4 is 16.6 Å². The molecule has 1 heterocycles. The molecule has 2 unspecified atom stereocenters. The maximum absolute atomic E-state index is 11.7. The topological polar surface area (TPSA) is 72.9 Å². The van der Waals surface area contributed by atoms with E-state index in [1.54, 1.807) is 13.2 Å². The number of hydrogen-bond donors (Lipinski definition) is 2. The maximum Gasteiger partial charge on any atom is 0.287 e. The van der Waals surface area contributed by atoms with Crippen LogP contribution in [-0.4, -0.2) is 22.4 Å². The molecule has 1 aliphatic rings. The average molecular weight is 271 g/mol. The third-order valence-corrected chi connectivity index (χ3v) is 4.00. The van der Waals surface area contributed by atoms with Crippen molar-refractivity contribution in [1.29, 1.82) is 0 Å². The van der Waals surface area contributed by atoms with Gasteiger partial charge in [-0.15, -0.1) is 0 Å². The number of halogens is 1. The van der Waals surface area contributed by atoms with E-state index in [0.717, 1.165) is 12.8 Å². The minimum atomic E-state index is -0.276. The number of hydrogen-bond acceptors (Lipinski definition) is 4. The van der Waals surface area contributed by atoms with Crippen LogP contribution >= 0.6 is 11.6 Å². The van der Waals surface area contributed by atoms with Gasteiger partial charge in [0.1, 0.15) is 5.02 Å². The second-order valence-electron chi connectivity index (χ2n) is 4.83. The highest BCUT2D eigenvalue weighted by molar-refractivity contribution is 6.32. The van der Waals surface area contributed by atoms with Gasteiger partial charge in [-0.25, -0.2) is 4.68 Å². The Morgan fingerprint density at radius 1 is 1.56 bits per heavy atom. The highest BCUT2D eigenvalue weighted by atomic mass is 35.5. The molecule has 0 aromatic carbocycles. The van der Waals surface area contributed by atoms with Crippen molar-refractivity contribution < 1.29 is 0 Å². The molecule has 1 fully saturated rings. The van der Waals surface area contributed by atoms with Crippen LogP contribution in [0.5, 0.6) is 0 Å². The first kappa shape index (κ1) is 13.4. The fourth-order valence-electron chi connectivity index (χ4n) is 2.49. The molecule has 0 spiro atoms. The van der Waals surface area contributed by atoms with Crippen LogP contribution in [0.25, 0.3) is 0 Å². The Morgan fingerprint density at radius 3 is 3.00 bits per heavy atom. The van der Waals surface area contributed by atoms with E-state index in [1.165, 1.54) is 17.5 Å². The predicted octanol–water partition coefficient (Wildman–Crippen LogP) is 1.36. The predicted molar refractivity (Wildman–Crippen MR) is 72.9 cm³/mol. The Kier molecular flexibility index (Phi) is 4.24. The summed E-state index contributed by atoms with van der Waals surface area (Å²) in [6.07, 6.45) is 6.20. The van der Waals surface area contributed by atoms with E-state index in [9.17, 15) is 4.79 Å². The number of rotatable bonds is 3. The standard InChI is InChI=1S/C12H19ClN4O/c1-17-12(18)11(13)10(7-15-17)16-9-5-3-2-4-8(9)6-14/h7-9,16H,2-6,14H2,1H3. The molecule has 3 N–H and O–H groups in total. The first-order valence-corrected chi connectivity index (χ1v) is 6.69. The molecule has 1 aromatic rings. The van der Waals surface area contributed by atoms with Gasteiger partial charge in [0.05, 0.1) is 11.9 Å². The molecular formula is C12H19ClN4O. The summed E-state index contributed by atoms with van der Waals surface area (Å²) in [5, 5.41) is 7.51. The molecule has 1 aromatic heterocycles. The van der Waals surface area contributed by atoms with Crippen molar-refractivity contribution in [3.05, 3.63) is 21.6 Å². The fraction of sp³-hybridized carbons (Fsp3) is 0.667. The minimum absolute atomic E-state index is 0.203. The number of aromatic nitrogens is 2. The molecule has 100 valence electrons. The summed E-state index contributed by atoms with van der Waals surface area (Å²) in [4.78, 5) is 11.7. The molecule has 1 aliphatic carbocycles. The third-order valence-electron chi connectivity index (χ3n) is 3.63. The van der Waals surface area contributed by atoms with Crippen LogP contribution in [0.15, 0.2) is 11.0 Å². The van der Waals surface area contributed by atoms with Crippen LogP contribution in [-0.2, 0) is 7.05 Å². The zero-order valence-corrected chi connectivity index (χ0v) is 11.3. The van der Waals surface area contributed by atoms with Gasteiger partial charge in [0.25, 0.3) is 5.56 Å². The lowest BCUT2D eigenvalue weighted by atomic mass is 9.84. The monoisotopic (exact) mass is 270 g/mol. The molecule has 0 bridgehead atoms. The molecule has 5 nitrogen and oxygen atoms in total. The van der Waals surface area contributed by atoms with Gasteiger partial charge < -0.3 is 11.1 Å². The number of nitrogens with two attached hydrogens (primary N) is 1. The Morgan fingerprint density at radius 2 is 2.28 bits per heavy atom. The summed E-state index contributed by atoms with van der Waals surface area (Å²) in [6, 6.07) is 0.287. The Labute approximate surface area is 111 Å². The van der Waals surface area contributed by atoms with E-state index in [0.29, 0.717) is 18.2 Å². The minimum Gasteiger partial charge on any atom is -0.379 e. The molecule has 0 amide bonds. The van der Waals surface area contributed by atoms with Gasteiger partial charge in [0.15, 0.2) is 0 Å². The number of aryl methyl sites for hydroxylation is 1. The number of nitrogens with one attached hydrogen (secondary N) is 1. The van der Waals surface area contributed by atoms with Crippen molar-refractivity contribution in [3.8, 4) is 0 Å². The molecule has 0 saturated heterocycles. The summed E-state index contributed by atoms with van der Waals surface area (Å²) in [7, 11) is 1.58. The van der Waals surface area contributed by atoms with Crippen molar-refractivity contribution in [2.75, 3.05) is 11.9 Å². The molecular weight excluding hydrogens is 252 g/mol. The van der Waals surface area contributed by atoms with Gasteiger partial charge in [0, 0.05) is 13.1 Å². The van der Waals surface area contributed by atoms with Crippen LogP contribution in [0.3, 0.4) is 0 Å². The summed E-state index contributed by atoms with van der Waals surface area (Å²) >= 11 is 6.04. The number of anilines is 1. The van der Waals surface area contributed by atoms with Gasteiger partial charge in [-0.3, -0.25) is 4.79 Å². The van der Waals surface area contributed by atoms with E-state index >= 15 is 0 Å². The van der Waals surface area contributed by atoms with E-state index in [2.05, 4.69) is 10.4 Å². The van der Waals surface area contributed by atoms with Gasteiger partial charge in [-0.05, 0) is 25.3 Å². The molecule has 0 aliphatic heterocycles. The van der Waals surface area contributed by atoms with Crippen LogP contribution in [0, 0.1) is 5.92 Å². The SMILES string of the molecule is Cn1ncc(NC2CCCCC2CN)c(Cl)c1=O. The van der Waals surface area contributed by atoms with Crippen molar-refractivity contribution >= 4 is 17.3 Å². The lowest BCUT2D eigenvalue weighted by molar-refractivity contribution is 0.332. The summed E-state index contributed by atoms with van der Waals surface area (Å²) in [5.41, 5.74) is 6.12. The highest BCUT2D eigenvalue weighted by Gasteiger charge is 2.24. The normalized spacial score (nSPS) is 23.9. The second-order valence-corrected chi connectivity index (χ2v) is 5.21. The quantitative estimate of drug-likeness (QED) is 0.870. The number of nitrogens with zero attached hydrogens (tertiary/aromatic N) is 2. The van der Waals surface area contributed by atoms with Crippen molar-refractivity contribution in [2.24, 2.45) is 18.7 Å². The molecule has 1 saturated carbocycles. The zero-order valence-electron chi connectivity index (χ0n) is 10.5. The van der Waals surface area contributed by atoms with E-state index in [4.69, 9.17) is 17.3 Å².